The number of ketones is 1. The average molecular weight is 404 g/mol. The lowest BCUT2D eigenvalue weighted by Crippen LogP contribution is -2.25. The van der Waals surface area contributed by atoms with Gasteiger partial charge in [0.1, 0.15) is 0 Å². The molecule has 0 unspecified atom stereocenters. The Bertz CT molecular complexity index is 1230. The molecule has 0 saturated carbocycles. The summed E-state index contributed by atoms with van der Waals surface area (Å²) in [7, 11) is -3.60. The summed E-state index contributed by atoms with van der Waals surface area (Å²) in [5.41, 5.74) is 6.71. The lowest BCUT2D eigenvalue weighted by molar-refractivity contribution is 0.0995. The quantitative estimate of drug-likeness (QED) is 0.647. The van der Waals surface area contributed by atoms with Crippen molar-refractivity contribution >= 4 is 15.8 Å². The Labute approximate surface area is 170 Å². The van der Waals surface area contributed by atoms with E-state index in [2.05, 4.69) is 0 Å². The standard InChI is InChI=1S/C24H21NO3S/c1-16-7-10-20(11-8-16)29(27,28)25-14-19-13-18-9-12-22(26)24(18)23(21(19)15-25)17-5-3-2-4-6-17/h2-8,10-11,13H,9,12,14-15H2,1H3. The second kappa shape index (κ2) is 6.65. The minimum Gasteiger partial charge on any atom is -0.294 e. The van der Waals surface area contributed by atoms with Gasteiger partial charge in [-0.2, -0.15) is 4.31 Å². The van der Waals surface area contributed by atoms with E-state index >= 15 is 0 Å². The molecular formula is C24H21NO3S. The molecule has 4 nitrogen and oxygen atoms in total. The largest absolute Gasteiger partial charge is 0.294 e. The van der Waals surface area contributed by atoms with Gasteiger partial charge in [0, 0.05) is 25.1 Å². The van der Waals surface area contributed by atoms with Gasteiger partial charge >= 0.3 is 0 Å². The summed E-state index contributed by atoms with van der Waals surface area (Å²) in [6.07, 6.45) is 1.26. The fourth-order valence-corrected chi connectivity index (χ4v) is 5.81. The van der Waals surface area contributed by atoms with E-state index in [9.17, 15) is 13.2 Å². The van der Waals surface area contributed by atoms with Crippen molar-refractivity contribution in [1.29, 1.82) is 0 Å². The Morgan fingerprint density at radius 3 is 2.28 bits per heavy atom. The smallest absolute Gasteiger partial charge is 0.243 e. The normalized spacial score (nSPS) is 16.1. The van der Waals surface area contributed by atoms with Crippen molar-refractivity contribution in [2.45, 2.75) is 37.8 Å². The molecule has 0 atom stereocenters. The van der Waals surface area contributed by atoms with Crippen LogP contribution < -0.4 is 0 Å². The van der Waals surface area contributed by atoms with Crippen LogP contribution in [0.2, 0.25) is 0 Å². The molecule has 0 N–H and O–H groups in total. The Balaban J connectivity index is 1.63. The maximum atomic E-state index is 13.2. The highest BCUT2D eigenvalue weighted by Gasteiger charge is 2.36. The number of carbonyl (C=O) groups is 1. The van der Waals surface area contributed by atoms with Crippen LogP contribution in [-0.2, 0) is 29.5 Å². The number of rotatable bonds is 3. The summed E-state index contributed by atoms with van der Waals surface area (Å²) in [4.78, 5) is 13.0. The summed E-state index contributed by atoms with van der Waals surface area (Å²) >= 11 is 0. The van der Waals surface area contributed by atoms with Crippen LogP contribution in [0.4, 0.5) is 0 Å². The molecule has 3 aromatic rings. The SMILES string of the molecule is Cc1ccc(S(=O)(=O)N2Cc3cc4c(c(-c5ccccc5)c3C2)C(=O)CC4)cc1. The molecule has 0 spiro atoms. The molecule has 5 rings (SSSR count). The van der Waals surface area contributed by atoms with Gasteiger partial charge in [0.15, 0.2) is 5.78 Å². The molecule has 1 aliphatic heterocycles. The molecule has 0 bridgehead atoms. The Morgan fingerprint density at radius 2 is 1.55 bits per heavy atom. The van der Waals surface area contributed by atoms with Crippen molar-refractivity contribution in [2.75, 3.05) is 0 Å². The zero-order valence-electron chi connectivity index (χ0n) is 16.2. The molecule has 29 heavy (non-hydrogen) atoms. The molecule has 0 amide bonds. The molecule has 1 heterocycles. The van der Waals surface area contributed by atoms with Crippen molar-refractivity contribution in [2.24, 2.45) is 0 Å². The molecule has 0 saturated heterocycles. The fourth-order valence-electron chi connectivity index (χ4n) is 4.43. The van der Waals surface area contributed by atoms with Crippen molar-refractivity contribution in [3.8, 4) is 11.1 Å². The van der Waals surface area contributed by atoms with Crippen molar-refractivity contribution in [3.63, 3.8) is 0 Å². The summed E-state index contributed by atoms with van der Waals surface area (Å²) in [5.74, 6) is 0.154. The first-order valence-corrected chi connectivity index (χ1v) is 11.2. The number of Topliss-reactive ketones (excluding diaryl/α,β-unsaturated/α-hetero) is 1. The molecule has 146 valence electrons. The Kier molecular flexibility index (Phi) is 4.19. The van der Waals surface area contributed by atoms with Crippen molar-refractivity contribution in [3.05, 3.63) is 88.5 Å². The second-order valence-corrected chi connectivity index (χ2v) is 9.74. The van der Waals surface area contributed by atoms with Gasteiger partial charge in [-0.15, -0.1) is 0 Å². The van der Waals surface area contributed by atoms with Crippen molar-refractivity contribution in [1.82, 2.24) is 4.31 Å². The molecule has 3 aromatic carbocycles. The zero-order valence-corrected chi connectivity index (χ0v) is 17.0. The molecule has 0 radical (unpaired) electrons. The van der Waals surface area contributed by atoms with Gasteiger partial charge in [-0.1, -0.05) is 54.1 Å². The van der Waals surface area contributed by atoms with E-state index < -0.39 is 10.0 Å². The monoisotopic (exact) mass is 403 g/mol. The van der Waals surface area contributed by atoms with Crippen LogP contribution in [0.5, 0.6) is 0 Å². The predicted molar refractivity (Wildman–Crippen MR) is 112 cm³/mol. The van der Waals surface area contributed by atoms with Gasteiger partial charge < -0.3 is 0 Å². The van der Waals surface area contributed by atoms with E-state index in [0.29, 0.717) is 17.9 Å². The van der Waals surface area contributed by atoms with E-state index in [1.165, 1.54) is 4.31 Å². The predicted octanol–water partition coefficient (Wildman–Crippen LogP) is 4.50. The molecule has 2 aliphatic rings. The number of hydrogen-bond donors (Lipinski definition) is 0. The first kappa shape index (κ1) is 18.3. The fraction of sp³-hybridized carbons (Fsp3) is 0.208. The van der Waals surface area contributed by atoms with E-state index in [0.717, 1.165) is 45.4 Å². The molecule has 0 fully saturated rings. The number of hydrogen-bond acceptors (Lipinski definition) is 3. The van der Waals surface area contributed by atoms with Gasteiger partial charge in [-0.25, -0.2) is 8.42 Å². The highest BCUT2D eigenvalue weighted by Crippen LogP contribution is 2.42. The first-order chi connectivity index (χ1) is 13.9. The molecule has 0 aromatic heterocycles. The summed E-state index contributed by atoms with van der Waals surface area (Å²) in [5, 5.41) is 0. The lowest BCUT2D eigenvalue weighted by Gasteiger charge is -2.16. The first-order valence-electron chi connectivity index (χ1n) is 9.78. The number of sulfonamides is 1. The van der Waals surface area contributed by atoms with Crippen LogP contribution in [0.1, 0.15) is 39.0 Å². The summed E-state index contributed by atoms with van der Waals surface area (Å²) in [6, 6.07) is 18.9. The number of carbonyl (C=O) groups excluding carboxylic acids is 1. The minimum absolute atomic E-state index is 0.154. The maximum Gasteiger partial charge on any atom is 0.243 e. The lowest BCUT2D eigenvalue weighted by atomic mass is 9.89. The van der Waals surface area contributed by atoms with Gasteiger partial charge in [-0.05, 0) is 53.3 Å². The van der Waals surface area contributed by atoms with Gasteiger partial charge in [-0.3, -0.25) is 4.79 Å². The average Bonchev–Trinajstić information content (AvgIpc) is 3.31. The Hall–Kier alpha value is -2.76. The van der Waals surface area contributed by atoms with Crippen LogP contribution in [0, 0.1) is 6.92 Å². The molecule has 5 heteroatoms. The third-order valence-corrected chi connectivity index (χ3v) is 7.72. The van der Waals surface area contributed by atoms with E-state index in [4.69, 9.17) is 0 Å². The summed E-state index contributed by atoms with van der Waals surface area (Å²) < 4.78 is 28.0. The van der Waals surface area contributed by atoms with Gasteiger partial charge in [0.2, 0.25) is 10.0 Å². The van der Waals surface area contributed by atoms with Crippen LogP contribution in [-0.4, -0.2) is 18.5 Å². The van der Waals surface area contributed by atoms with Gasteiger partial charge in [0.25, 0.3) is 0 Å². The van der Waals surface area contributed by atoms with Crippen molar-refractivity contribution < 1.29 is 13.2 Å². The van der Waals surface area contributed by atoms with E-state index in [-0.39, 0.29) is 12.3 Å². The topological polar surface area (TPSA) is 54.5 Å². The van der Waals surface area contributed by atoms with Crippen LogP contribution in [0.25, 0.3) is 11.1 Å². The second-order valence-electron chi connectivity index (χ2n) is 7.80. The third-order valence-electron chi connectivity index (χ3n) is 5.91. The van der Waals surface area contributed by atoms with E-state index in [1.807, 2.05) is 55.5 Å². The van der Waals surface area contributed by atoms with Crippen LogP contribution in [0.3, 0.4) is 0 Å². The molecule has 1 aliphatic carbocycles. The highest BCUT2D eigenvalue weighted by atomic mass is 32.2. The highest BCUT2D eigenvalue weighted by molar-refractivity contribution is 7.89. The number of nitrogens with zero attached hydrogens (tertiary/aromatic N) is 1. The minimum atomic E-state index is -3.60. The number of fused-ring (bicyclic) bond motifs is 2. The zero-order chi connectivity index (χ0) is 20.2. The number of benzene rings is 3. The van der Waals surface area contributed by atoms with Gasteiger partial charge in [0.05, 0.1) is 4.90 Å². The van der Waals surface area contributed by atoms with Crippen LogP contribution >= 0.6 is 0 Å². The third kappa shape index (κ3) is 2.93. The Morgan fingerprint density at radius 1 is 0.828 bits per heavy atom. The summed E-state index contributed by atoms with van der Waals surface area (Å²) in [6.45, 7) is 2.57. The molecular weight excluding hydrogens is 382 g/mol. The maximum absolute atomic E-state index is 13.2. The van der Waals surface area contributed by atoms with Crippen LogP contribution in [0.15, 0.2) is 65.6 Å². The van der Waals surface area contributed by atoms with E-state index in [1.54, 1.807) is 12.1 Å². The number of aryl methyl sites for hydroxylation is 2.